The number of imide groups is 2. The maximum absolute atomic E-state index is 13.8. The topological polar surface area (TPSA) is 113 Å². The SMILES string of the molecule is O=C1CCC(N2C(=O)c3cccc(-c4ccc(CCNC(=O)c5ccccc5F)cc4)c3C2=O)C(=O)N1. The Morgan fingerprint density at radius 1 is 0.919 bits per heavy atom. The van der Waals surface area contributed by atoms with E-state index in [2.05, 4.69) is 10.6 Å². The molecule has 0 bridgehead atoms. The van der Waals surface area contributed by atoms with Gasteiger partial charge in [-0.15, -0.1) is 0 Å². The van der Waals surface area contributed by atoms with Gasteiger partial charge in [-0.3, -0.25) is 34.2 Å². The van der Waals surface area contributed by atoms with Gasteiger partial charge in [0.15, 0.2) is 0 Å². The van der Waals surface area contributed by atoms with Crippen molar-refractivity contribution >= 4 is 29.5 Å². The summed E-state index contributed by atoms with van der Waals surface area (Å²) in [5, 5.41) is 4.89. The van der Waals surface area contributed by atoms with E-state index in [1.165, 1.54) is 18.2 Å². The van der Waals surface area contributed by atoms with Crippen LogP contribution in [0.1, 0.15) is 49.5 Å². The molecule has 0 aliphatic carbocycles. The van der Waals surface area contributed by atoms with E-state index in [-0.39, 0.29) is 29.5 Å². The third-order valence-electron chi connectivity index (χ3n) is 6.55. The number of hydrogen-bond donors (Lipinski definition) is 2. The van der Waals surface area contributed by atoms with Crippen LogP contribution in [0.15, 0.2) is 66.7 Å². The molecule has 0 aromatic heterocycles. The van der Waals surface area contributed by atoms with Gasteiger partial charge in [0, 0.05) is 13.0 Å². The van der Waals surface area contributed by atoms with Crippen LogP contribution in [0.3, 0.4) is 0 Å². The minimum atomic E-state index is -1.03. The maximum Gasteiger partial charge on any atom is 0.262 e. The molecule has 1 atom stereocenters. The highest BCUT2D eigenvalue weighted by Gasteiger charge is 2.45. The minimum absolute atomic E-state index is 0.0126. The molecule has 0 radical (unpaired) electrons. The van der Waals surface area contributed by atoms with Gasteiger partial charge in [-0.1, -0.05) is 48.5 Å². The molecule has 2 heterocycles. The second-order valence-corrected chi connectivity index (χ2v) is 8.86. The van der Waals surface area contributed by atoms with Crippen LogP contribution in [-0.2, 0) is 16.0 Å². The molecule has 0 saturated carbocycles. The summed E-state index contributed by atoms with van der Waals surface area (Å²) in [5.74, 6) is -3.27. The minimum Gasteiger partial charge on any atom is -0.352 e. The number of rotatable bonds is 6. The van der Waals surface area contributed by atoms with Crippen molar-refractivity contribution in [2.45, 2.75) is 25.3 Å². The van der Waals surface area contributed by atoms with Gasteiger partial charge in [0.25, 0.3) is 17.7 Å². The van der Waals surface area contributed by atoms with E-state index in [9.17, 15) is 28.4 Å². The summed E-state index contributed by atoms with van der Waals surface area (Å²) in [7, 11) is 0. The van der Waals surface area contributed by atoms with Gasteiger partial charge < -0.3 is 5.32 Å². The summed E-state index contributed by atoms with van der Waals surface area (Å²) < 4.78 is 13.8. The van der Waals surface area contributed by atoms with Crippen molar-refractivity contribution < 1.29 is 28.4 Å². The number of amides is 5. The van der Waals surface area contributed by atoms with Crippen molar-refractivity contribution in [3.63, 3.8) is 0 Å². The Labute approximate surface area is 211 Å². The zero-order valence-electron chi connectivity index (χ0n) is 19.6. The summed E-state index contributed by atoms with van der Waals surface area (Å²) in [6.07, 6.45) is 0.653. The molecule has 1 saturated heterocycles. The van der Waals surface area contributed by atoms with Crippen LogP contribution >= 0.6 is 0 Å². The van der Waals surface area contributed by atoms with Crippen molar-refractivity contribution in [1.82, 2.24) is 15.5 Å². The van der Waals surface area contributed by atoms with Gasteiger partial charge in [0.2, 0.25) is 11.8 Å². The molecule has 37 heavy (non-hydrogen) atoms. The molecule has 0 spiro atoms. The molecule has 1 unspecified atom stereocenters. The zero-order valence-corrected chi connectivity index (χ0v) is 19.6. The Balaban J connectivity index is 1.30. The average Bonchev–Trinajstić information content (AvgIpc) is 3.14. The zero-order chi connectivity index (χ0) is 26.1. The summed E-state index contributed by atoms with van der Waals surface area (Å²) >= 11 is 0. The first-order valence-electron chi connectivity index (χ1n) is 11.8. The van der Waals surface area contributed by atoms with Crippen LogP contribution < -0.4 is 10.6 Å². The number of nitrogens with zero attached hydrogens (tertiary/aromatic N) is 1. The molecule has 3 aromatic carbocycles. The monoisotopic (exact) mass is 499 g/mol. The van der Waals surface area contributed by atoms with E-state index in [1.54, 1.807) is 24.3 Å². The number of halogens is 1. The largest absolute Gasteiger partial charge is 0.352 e. The Bertz CT molecular complexity index is 1450. The summed E-state index contributed by atoms with van der Waals surface area (Å²) in [4.78, 5) is 63.3. The highest BCUT2D eigenvalue weighted by atomic mass is 19.1. The van der Waals surface area contributed by atoms with E-state index in [0.29, 0.717) is 24.1 Å². The third-order valence-corrected chi connectivity index (χ3v) is 6.55. The van der Waals surface area contributed by atoms with Gasteiger partial charge in [0.05, 0.1) is 16.7 Å². The molecule has 9 heteroatoms. The number of hydrogen-bond acceptors (Lipinski definition) is 5. The van der Waals surface area contributed by atoms with Gasteiger partial charge in [-0.2, -0.15) is 0 Å². The highest BCUT2D eigenvalue weighted by Crippen LogP contribution is 2.35. The van der Waals surface area contributed by atoms with Gasteiger partial charge >= 0.3 is 0 Å². The molecule has 8 nitrogen and oxygen atoms in total. The Morgan fingerprint density at radius 2 is 1.65 bits per heavy atom. The van der Waals surface area contributed by atoms with E-state index >= 15 is 0 Å². The molecular formula is C28H22FN3O5. The second kappa shape index (κ2) is 9.77. The fourth-order valence-electron chi connectivity index (χ4n) is 4.67. The lowest BCUT2D eigenvalue weighted by molar-refractivity contribution is -0.136. The van der Waals surface area contributed by atoms with Crippen molar-refractivity contribution in [3.8, 4) is 11.1 Å². The van der Waals surface area contributed by atoms with Crippen LogP contribution in [0.2, 0.25) is 0 Å². The lowest BCUT2D eigenvalue weighted by Gasteiger charge is -2.27. The highest BCUT2D eigenvalue weighted by molar-refractivity contribution is 6.25. The van der Waals surface area contributed by atoms with Gasteiger partial charge in [0.1, 0.15) is 11.9 Å². The molecule has 2 N–H and O–H groups in total. The van der Waals surface area contributed by atoms with E-state index in [1.807, 2.05) is 24.3 Å². The molecule has 1 fully saturated rings. The smallest absolute Gasteiger partial charge is 0.262 e. The lowest BCUT2D eigenvalue weighted by atomic mass is 9.95. The second-order valence-electron chi connectivity index (χ2n) is 8.86. The first kappa shape index (κ1) is 24.1. The average molecular weight is 499 g/mol. The van der Waals surface area contributed by atoms with Gasteiger partial charge in [-0.05, 0) is 47.7 Å². The van der Waals surface area contributed by atoms with Gasteiger partial charge in [-0.25, -0.2) is 4.39 Å². The van der Waals surface area contributed by atoms with Crippen LogP contribution in [0, 0.1) is 5.82 Å². The first-order chi connectivity index (χ1) is 17.8. The number of nitrogens with one attached hydrogen (secondary N) is 2. The molecule has 2 aliphatic heterocycles. The van der Waals surface area contributed by atoms with Crippen molar-refractivity contribution in [1.29, 1.82) is 0 Å². The molecule has 2 aliphatic rings. The summed E-state index contributed by atoms with van der Waals surface area (Å²) in [6.45, 7) is 0.307. The number of benzene rings is 3. The Morgan fingerprint density at radius 3 is 2.38 bits per heavy atom. The summed E-state index contributed by atoms with van der Waals surface area (Å²) in [6, 6.07) is 17.0. The molecule has 3 aromatic rings. The van der Waals surface area contributed by atoms with Crippen LogP contribution in [0.5, 0.6) is 0 Å². The predicted molar refractivity (Wildman–Crippen MR) is 131 cm³/mol. The number of piperidine rings is 1. The van der Waals surface area contributed by atoms with E-state index in [0.717, 1.165) is 10.5 Å². The van der Waals surface area contributed by atoms with Crippen LogP contribution in [-0.4, -0.2) is 47.0 Å². The quantitative estimate of drug-likeness (QED) is 0.507. The number of fused-ring (bicyclic) bond motifs is 1. The summed E-state index contributed by atoms with van der Waals surface area (Å²) in [5.41, 5.74) is 2.61. The fraction of sp³-hybridized carbons (Fsp3) is 0.179. The Kier molecular flexibility index (Phi) is 6.35. The molecule has 5 rings (SSSR count). The van der Waals surface area contributed by atoms with E-state index in [4.69, 9.17) is 0 Å². The van der Waals surface area contributed by atoms with Crippen molar-refractivity contribution in [2.75, 3.05) is 6.54 Å². The molecule has 5 amide bonds. The molecule has 186 valence electrons. The lowest BCUT2D eigenvalue weighted by Crippen LogP contribution is -2.54. The van der Waals surface area contributed by atoms with Crippen molar-refractivity contribution in [3.05, 3.63) is 94.8 Å². The normalized spacial score (nSPS) is 17.0. The standard InChI is InChI=1S/C28H22FN3O5/c29-21-7-2-1-4-19(21)25(34)30-15-14-16-8-10-17(11-9-16)18-5-3-6-20-24(18)28(37)32(27(20)36)22-12-13-23(33)31-26(22)35/h1-11,22H,12-15H2,(H,30,34)(H,31,33,35). The number of carbonyl (C=O) groups excluding carboxylic acids is 5. The van der Waals surface area contributed by atoms with Crippen LogP contribution in [0.25, 0.3) is 11.1 Å². The Hall–Kier alpha value is -4.66. The molecular weight excluding hydrogens is 477 g/mol. The predicted octanol–water partition coefficient (Wildman–Crippen LogP) is 2.87. The first-order valence-corrected chi connectivity index (χ1v) is 11.8. The fourth-order valence-corrected chi connectivity index (χ4v) is 4.67. The van der Waals surface area contributed by atoms with Crippen LogP contribution in [0.4, 0.5) is 4.39 Å². The third kappa shape index (κ3) is 4.51. The van der Waals surface area contributed by atoms with E-state index < -0.39 is 41.4 Å². The number of carbonyl (C=O) groups is 5. The maximum atomic E-state index is 13.8. The van der Waals surface area contributed by atoms with Crippen molar-refractivity contribution in [2.24, 2.45) is 0 Å².